The summed E-state index contributed by atoms with van der Waals surface area (Å²) in [6.45, 7) is 4.00. The van der Waals surface area contributed by atoms with Crippen molar-refractivity contribution in [3.63, 3.8) is 0 Å². The Balaban J connectivity index is 0.000000247. The molecule has 1 N–H and O–H groups in total. The first-order chi connectivity index (χ1) is 12.7. The average Bonchev–Trinajstić information content (AvgIpc) is 3.23. The minimum atomic E-state index is -0.506. The summed E-state index contributed by atoms with van der Waals surface area (Å²) in [4.78, 5) is 8.73. The van der Waals surface area contributed by atoms with Crippen molar-refractivity contribution >= 4 is 17.5 Å². The summed E-state index contributed by atoms with van der Waals surface area (Å²) in [5.74, 6) is 3.46. The Morgan fingerprint density at radius 2 is 2.23 bits per heavy atom. The van der Waals surface area contributed by atoms with Gasteiger partial charge in [-0.15, -0.1) is 11.6 Å². The first-order valence-electron chi connectivity index (χ1n) is 8.87. The van der Waals surface area contributed by atoms with E-state index in [1.807, 2.05) is 18.3 Å². The zero-order chi connectivity index (χ0) is 19.0. The number of halogens is 1. The van der Waals surface area contributed by atoms with Crippen molar-refractivity contribution in [3.05, 3.63) is 54.6 Å². The Kier molecular flexibility index (Phi) is 11.9. The topological polar surface area (TPSA) is 59.6 Å². The molecule has 3 heterocycles. The molecule has 1 aromatic rings. The molecule has 0 saturated heterocycles. The first-order valence-corrected chi connectivity index (χ1v) is 9.41. The van der Waals surface area contributed by atoms with E-state index in [2.05, 4.69) is 39.8 Å². The molecule has 0 aromatic carbocycles. The van der Waals surface area contributed by atoms with Crippen LogP contribution >= 0.6 is 11.6 Å². The third kappa shape index (κ3) is 11.5. The van der Waals surface area contributed by atoms with E-state index < -0.39 is 6.10 Å². The Labute approximate surface area is 161 Å². The van der Waals surface area contributed by atoms with Gasteiger partial charge in [-0.3, -0.25) is 4.98 Å². The highest BCUT2D eigenvalue weighted by atomic mass is 35.5. The maximum atomic E-state index is 8.86. The molecule has 2 aliphatic rings. The summed E-state index contributed by atoms with van der Waals surface area (Å²) in [7, 11) is 0. The number of hydrogen-bond donors (Lipinski definition) is 1. The van der Waals surface area contributed by atoms with E-state index in [1.54, 1.807) is 25.4 Å². The number of aliphatic hydroxyl groups is 1. The molecule has 26 heavy (non-hydrogen) atoms. The fourth-order valence-electron chi connectivity index (χ4n) is 1.69. The average molecular weight is 378 g/mol. The lowest BCUT2D eigenvalue weighted by molar-refractivity contribution is 0.0511. The number of fused-ring (bicyclic) bond motifs is 1. The number of nitrogens with zero attached hydrogens (tertiary/aromatic N) is 3. The van der Waals surface area contributed by atoms with E-state index >= 15 is 0 Å². The SMILES string of the molecule is CC(O)CON=C=CCc1cccnc1.CCCCCCl.c1cn2cc1-2. The van der Waals surface area contributed by atoms with Crippen molar-refractivity contribution in [2.24, 2.45) is 5.16 Å². The Morgan fingerprint density at radius 1 is 1.42 bits per heavy atom. The predicted octanol–water partition coefficient (Wildman–Crippen LogP) is 4.37. The molecule has 5 nitrogen and oxygen atoms in total. The van der Waals surface area contributed by atoms with E-state index in [-0.39, 0.29) is 6.61 Å². The van der Waals surface area contributed by atoms with Crippen LogP contribution < -0.4 is 0 Å². The molecule has 0 radical (unpaired) electrons. The third-order valence-corrected chi connectivity index (χ3v) is 3.50. The number of alkyl halides is 1. The number of allylic oxidation sites excluding steroid dienone is 1. The van der Waals surface area contributed by atoms with Crippen LogP contribution in [0.25, 0.3) is 5.69 Å². The Bertz CT molecular complexity index is 622. The largest absolute Gasteiger partial charge is 0.390 e. The summed E-state index contributed by atoms with van der Waals surface area (Å²) in [6, 6.07) is 5.94. The molecule has 3 rings (SSSR count). The number of hydrogen-bond acceptors (Lipinski definition) is 4. The van der Waals surface area contributed by atoms with Gasteiger partial charge in [0.2, 0.25) is 0 Å². The Morgan fingerprint density at radius 3 is 2.65 bits per heavy atom. The number of rotatable bonds is 8. The van der Waals surface area contributed by atoms with Crippen LogP contribution in [-0.4, -0.2) is 39.1 Å². The molecule has 0 saturated carbocycles. The lowest BCUT2D eigenvalue weighted by atomic mass is 10.2. The van der Waals surface area contributed by atoms with Crippen LogP contribution in [0.15, 0.2) is 54.2 Å². The summed E-state index contributed by atoms with van der Waals surface area (Å²) in [5, 5.41) is 12.4. The molecular weight excluding hydrogens is 350 g/mol. The van der Waals surface area contributed by atoms with Gasteiger partial charge in [-0.1, -0.05) is 25.8 Å². The highest BCUT2D eigenvalue weighted by Gasteiger charge is 2.07. The molecule has 0 aliphatic carbocycles. The molecule has 0 spiro atoms. The molecular formula is C20H28ClN3O2. The molecule has 0 amide bonds. The molecule has 1 aromatic heterocycles. The number of aliphatic hydroxyl groups excluding tert-OH is 1. The maximum Gasteiger partial charge on any atom is 0.143 e. The lowest BCUT2D eigenvalue weighted by Gasteiger charge is -1.98. The smallest absolute Gasteiger partial charge is 0.143 e. The molecule has 1 atom stereocenters. The number of unbranched alkanes of at least 4 members (excludes halogenated alkanes) is 2. The van der Waals surface area contributed by atoms with Crippen molar-refractivity contribution in [3.8, 4) is 5.69 Å². The second-order valence-corrected chi connectivity index (χ2v) is 6.19. The van der Waals surface area contributed by atoms with Crippen LogP contribution in [0.1, 0.15) is 38.7 Å². The molecule has 0 fully saturated rings. The minimum absolute atomic E-state index is 0.188. The highest BCUT2D eigenvalue weighted by molar-refractivity contribution is 6.17. The second kappa shape index (κ2) is 14.1. The molecule has 0 bridgehead atoms. The minimum Gasteiger partial charge on any atom is -0.390 e. The van der Waals surface area contributed by atoms with Gasteiger partial charge in [0, 0.05) is 43.0 Å². The van der Waals surface area contributed by atoms with Crippen molar-refractivity contribution < 1.29 is 9.94 Å². The predicted molar refractivity (Wildman–Crippen MR) is 107 cm³/mol. The summed E-state index contributed by atoms with van der Waals surface area (Å²) >= 11 is 5.38. The normalized spacial score (nSPS) is 10.9. The van der Waals surface area contributed by atoms with Gasteiger partial charge in [-0.2, -0.15) is 0 Å². The van der Waals surface area contributed by atoms with Gasteiger partial charge in [-0.25, -0.2) is 0 Å². The van der Waals surface area contributed by atoms with E-state index in [4.69, 9.17) is 21.5 Å². The van der Waals surface area contributed by atoms with E-state index in [0.717, 1.165) is 17.9 Å². The molecule has 2 aliphatic heterocycles. The van der Waals surface area contributed by atoms with Crippen LogP contribution in [0.5, 0.6) is 0 Å². The third-order valence-electron chi connectivity index (χ3n) is 3.23. The summed E-state index contributed by atoms with van der Waals surface area (Å²) in [5.41, 5.74) is 2.47. The van der Waals surface area contributed by atoms with Crippen LogP contribution in [0.3, 0.4) is 0 Å². The van der Waals surface area contributed by atoms with E-state index in [0.29, 0.717) is 0 Å². The second-order valence-electron chi connectivity index (χ2n) is 5.81. The zero-order valence-corrected chi connectivity index (χ0v) is 16.3. The fraction of sp³-hybridized carbons (Fsp3) is 0.450. The van der Waals surface area contributed by atoms with Gasteiger partial charge in [-0.05, 0) is 42.3 Å². The summed E-state index contributed by atoms with van der Waals surface area (Å²) in [6.07, 6.45) is 13.3. The standard InChI is InChI=1S/C11H14N2O2.C5H11Cl.C4H3N/c1-10(14)9-15-13-7-3-5-11-4-2-6-12-8-11;1-2-3-4-5-6;1-2-5-3-4(1)5/h2-4,6,8,10,14H,5,9H2,1H3;2-5H2,1H3;1-3H. The van der Waals surface area contributed by atoms with Gasteiger partial charge < -0.3 is 14.5 Å². The number of pyridine rings is 1. The Hall–Kier alpha value is -2.07. The van der Waals surface area contributed by atoms with Crippen molar-refractivity contribution in [2.45, 2.75) is 45.6 Å². The van der Waals surface area contributed by atoms with Gasteiger partial charge in [0.05, 0.1) is 11.8 Å². The zero-order valence-electron chi connectivity index (χ0n) is 15.5. The highest BCUT2D eigenvalue weighted by Crippen LogP contribution is 2.20. The van der Waals surface area contributed by atoms with Crippen LogP contribution in [0, 0.1) is 0 Å². The quantitative estimate of drug-likeness (QED) is 0.274. The van der Waals surface area contributed by atoms with Gasteiger partial charge in [0.25, 0.3) is 0 Å². The molecule has 6 heteroatoms. The lowest BCUT2D eigenvalue weighted by Crippen LogP contribution is -2.06. The fourth-order valence-corrected chi connectivity index (χ4v) is 1.88. The number of aromatic nitrogens is 2. The van der Waals surface area contributed by atoms with Gasteiger partial charge in [0.15, 0.2) is 0 Å². The molecule has 1 unspecified atom stereocenters. The first kappa shape index (κ1) is 22.0. The van der Waals surface area contributed by atoms with Crippen LogP contribution in [0.4, 0.5) is 0 Å². The van der Waals surface area contributed by atoms with Crippen molar-refractivity contribution in [1.82, 2.24) is 9.55 Å². The monoisotopic (exact) mass is 377 g/mol. The maximum absolute atomic E-state index is 8.86. The van der Waals surface area contributed by atoms with E-state index in [1.165, 1.54) is 24.9 Å². The van der Waals surface area contributed by atoms with Crippen molar-refractivity contribution in [1.29, 1.82) is 0 Å². The van der Waals surface area contributed by atoms with Crippen LogP contribution in [0.2, 0.25) is 0 Å². The summed E-state index contributed by atoms with van der Waals surface area (Å²) < 4.78 is 2.08. The molecule has 142 valence electrons. The van der Waals surface area contributed by atoms with Gasteiger partial charge >= 0.3 is 0 Å². The van der Waals surface area contributed by atoms with E-state index in [9.17, 15) is 0 Å². The van der Waals surface area contributed by atoms with Crippen LogP contribution in [-0.2, 0) is 11.3 Å². The van der Waals surface area contributed by atoms with Gasteiger partial charge in [0.1, 0.15) is 6.61 Å². The van der Waals surface area contributed by atoms with Crippen molar-refractivity contribution in [2.75, 3.05) is 12.5 Å².